The van der Waals surface area contributed by atoms with Crippen LogP contribution in [0.1, 0.15) is 40.6 Å². The highest BCUT2D eigenvalue weighted by Gasteiger charge is 2.17. The van der Waals surface area contributed by atoms with Gasteiger partial charge in [-0.15, -0.1) is 11.3 Å². The molecule has 0 atom stereocenters. The lowest BCUT2D eigenvalue weighted by Crippen LogP contribution is -2.24. The van der Waals surface area contributed by atoms with Crippen molar-refractivity contribution in [1.82, 2.24) is 5.32 Å². The van der Waals surface area contributed by atoms with E-state index < -0.39 is 0 Å². The zero-order valence-electron chi connectivity index (χ0n) is 18.3. The first-order valence-corrected chi connectivity index (χ1v) is 11.8. The Morgan fingerprint density at radius 1 is 0.909 bits per heavy atom. The van der Waals surface area contributed by atoms with Crippen LogP contribution in [0.25, 0.3) is 10.1 Å². The molecule has 3 aromatic carbocycles. The maximum absolute atomic E-state index is 12.8. The van der Waals surface area contributed by atoms with Crippen LogP contribution in [0.2, 0.25) is 5.02 Å². The summed E-state index contributed by atoms with van der Waals surface area (Å²) in [6.45, 7) is 4.50. The Hall–Kier alpha value is -3.35. The highest BCUT2D eigenvalue weighted by Crippen LogP contribution is 2.35. The molecule has 168 valence electrons. The maximum atomic E-state index is 12.8. The zero-order valence-corrected chi connectivity index (χ0v) is 19.9. The Kier molecular flexibility index (Phi) is 6.96. The number of hydrogen-bond acceptors (Lipinski definition) is 3. The lowest BCUT2D eigenvalue weighted by molar-refractivity contribution is 0.0955. The lowest BCUT2D eigenvalue weighted by atomic mass is 10.0. The summed E-state index contributed by atoms with van der Waals surface area (Å²) in [5.74, 6) is 0.183. The van der Waals surface area contributed by atoms with Crippen LogP contribution in [0.15, 0.2) is 72.8 Å². The number of para-hydroxylation sites is 1. The number of urea groups is 1. The maximum Gasteiger partial charge on any atom is 0.323 e. The molecule has 0 saturated carbocycles. The van der Waals surface area contributed by atoms with E-state index in [0.717, 1.165) is 15.6 Å². The van der Waals surface area contributed by atoms with Gasteiger partial charge in [-0.3, -0.25) is 4.79 Å². The van der Waals surface area contributed by atoms with E-state index in [0.29, 0.717) is 27.2 Å². The van der Waals surface area contributed by atoms with Gasteiger partial charge in [0.05, 0.1) is 5.02 Å². The van der Waals surface area contributed by atoms with Gasteiger partial charge in [0.2, 0.25) is 0 Å². The number of nitrogens with one attached hydrogen (secondary N) is 3. The molecule has 0 aliphatic rings. The number of hydrogen-bond donors (Lipinski definition) is 3. The number of rotatable bonds is 6. The van der Waals surface area contributed by atoms with Crippen LogP contribution in [-0.2, 0) is 6.54 Å². The average Bonchev–Trinajstić information content (AvgIpc) is 3.15. The number of fused-ring (bicyclic) bond motifs is 1. The third-order valence-electron chi connectivity index (χ3n) is 5.28. The van der Waals surface area contributed by atoms with E-state index in [1.165, 1.54) is 16.9 Å². The molecule has 1 heterocycles. The molecule has 0 aliphatic heterocycles. The Balaban J connectivity index is 1.41. The normalized spacial score (nSPS) is 10.9. The van der Waals surface area contributed by atoms with Gasteiger partial charge in [0.15, 0.2) is 0 Å². The number of carbonyl (C=O) groups excluding carboxylic acids is 2. The first-order chi connectivity index (χ1) is 15.9. The van der Waals surface area contributed by atoms with E-state index >= 15 is 0 Å². The molecular formula is C26H24ClN3O2S. The second-order valence-electron chi connectivity index (χ2n) is 7.94. The number of halogens is 1. The van der Waals surface area contributed by atoms with E-state index in [-0.39, 0.29) is 18.5 Å². The minimum absolute atomic E-state index is 0.245. The summed E-state index contributed by atoms with van der Waals surface area (Å²) in [7, 11) is 0. The SMILES string of the molecule is CC(C)c1ccc(NC(=O)Nc2ccccc2CNC(=O)c2sc3ccccc3c2Cl)cc1. The predicted octanol–water partition coefficient (Wildman–Crippen LogP) is 7.25. The third kappa shape index (κ3) is 5.35. The van der Waals surface area contributed by atoms with E-state index in [2.05, 4.69) is 29.8 Å². The van der Waals surface area contributed by atoms with Crippen LogP contribution in [0, 0.1) is 0 Å². The van der Waals surface area contributed by atoms with Crippen molar-refractivity contribution in [3.63, 3.8) is 0 Å². The largest absolute Gasteiger partial charge is 0.347 e. The first-order valence-electron chi connectivity index (χ1n) is 10.6. The third-order valence-corrected chi connectivity index (χ3v) is 6.96. The van der Waals surface area contributed by atoms with E-state index in [1.54, 1.807) is 6.07 Å². The first kappa shape index (κ1) is 22.8. The Morgan fingerprint density at radius 3 is 2.33 bits per heavy atom. The molecule has 1 aromatic heterocycles. The van der Waals surface area contributed by atoms with Gasteiger partial charge in [0.1, 0.15) is 4.88 Å². The topological polar surface area (TPSA) is 70.2 Å². The molecule has 4 aromatic rings. The van der Waals surface area contributed by atoms with Crippen LogP contribution in [0.4, 0.5) is 16.2 Å². The standard InChI is InChI=1S/C26H24ClN3O2S/c1-16(2)17-11-13-19(14-12-17)29-26(32)30-21-9-5-3-7-18(21)15-28-25(31)24-23(27)20-8-4-6-10-22(20)33-24/h3-14,16H,15H2,1-2H3,(H,28,31)(H2,29,30,32). The molecule has 0 spiro atoms. The van der Waals surface area contributed by atoms with Gasteiger partial charge >= 0.3 is 6.03 Å². The van der Waals surface area contributed by atoms with Gasteiger partial charge in [-0.2, -0.15) is 0 Å². The van der Waals surface area contributed by atoms with Crippen molar-refractivity contribution in [2.75, 3.05) is 10.6 Å². The van der Waals surface area contributed by atoms with Gasteiger partial charge in [-0.1, -0.05) is 74.0 Å². The van der Waals surface area contributed by atoms with Crippen molar-refractivity contribution < 1.29 is 9.59 Å². The van der Waals surface area contributed by atoms with Gasteiger partial charge in [-0.25, -0.2) is 4.79 Å². The highest BCUT2D eigenvalue weighted by atomic mass is 35.5. The van der Waals surface area contributed by atoms with Crippen LogP contribution in [0.3, 0.4) is 0 Å². The van der Waals surface area contributed by atoms with E-state index in [4.69, 9.17) is 11.6 Å². The number of benzene rings is 3. The minimum atomic E-state index is -0.348. The van der Waals surface area contributed by atoms with Crippen molar-refractivity contribution in [3.05, 3.63) is 93.8 Å². The summed E-state index contributed by atoms with van der Waals surface area (Å²) in [5.41, 5.74) is 3.33. The summed E-state index contributed by atoms with van der Waals surface area (Å²) in [5, 5.41) is 9.95. The van der Waals surface area contributed by atoms with Crippen LogP contribution in [0.5, 0.6) is 0 Å². The fourth-order valence-electron chi connectivity index (χ4n) is 3.45. The van der Waals surface area contributed by atoms with Crippen molar-refractivity contribution in [1.29, 1.82) is 0 Å². The average molecular weight is 478 g/mol. The van der Waals surface area contributed by atoms with Crippen LogP contribution < -0.4 is 16.0 Å². The molecule has 3 N–H and O–H groups in total. The monoisotopic (exact) mass is 477 g/mol. The Morgan fingerprint density at radius 2 is 1.61 bits per heavy atom. The molecule has 0 aliphatic carbocycles. The van der Waals surface area contributed by atoms with E-state index in [9.17, 15) is 9.59 Å². The predicted molar refractivity (Wildman–Crippen MR) is 138 cm³/mol. The minimum Gasteiger partial charge on any atom is -0.347 e. The van der Waals surface area contributed by atoms with Crippen molar-refractivity contribution in [2.45, 2.75) is 26.3 Å². The summed E-state index contributed by atoms with van der Waals surface area (Å²) in [4.78, 5) is 25.8. The molecule has 5 nitrogen and oxygen atoms in total. The summed E-state index contributed by atoms with van der Waals surface area (Å²) in [6.07, 6.45) is 0. The van der Waals surface area contributed by atoms with Gasteiger partial charge in [0, 0.05) is 28.0 Å². The zero-order chi connectivity index (χ0) is 23.4. The molecule has 0 fully saturated rings. The van der Waals surface area contributed by atoms with Gasteiger partial charge in [-0.05, 0) is 41.3 Å². The fourth-order valence-corrected chi connectivity index (χ4v) is 4.88. The number of anilines is 2. The molecular weight excluding hydrogens is 454 g/mol. The summed E-state index contributed by atoms with van der Waals surface area (Å²) >= 11 is 7.78. The summed E-state index contributed by atoms with van der Waals surface area (Å²) in [6, 6.07) is 22.4. The van der Waals surface area contributed by atoms with Crippen molar-refractivity contribution >= 4 is 56.3 Å². The lowest BCUT2D eigenvalue weighted by Gasteiger charge is -2.13. The highest BCUT2D eigenvalue weighted by molar-refractivity contribution is 7.21. The van der Waals surface area contributed by atoms with Crippen molar-refractivity contribution in [2.24, 2.45) is 0 Å². The van der Waals surface area contributed by atoms with Crippen LogP contribution in [-0.4, -0.2) is 11.9 Å². The Labute approximate surface area is 201 Å². The molecule has 7 heteroatoms. The molecule has 33 heavy (non-hydrogen) atoms. The molecule has 0 saturated heterocycles. The molecule has 0 radical (unpaired) electrons. The smallest absolute Gasteiger partial charge is 0.323 e. The molecule has 4 rings (SSSR count). The number of carbonyl (C=O) groups is 2. The molecule has 0 unspecified atom stereocenters. The fraction of sp³-hybridized carbons (Fsp3) is 0.154. The van der Waals surface area contributed by atoms with Gasteiger partial charge < -0.3 is 16.0 Å². The number of thiophene rings is 1. The Bertz CT molecular complexity index is 1300. The van der Waals surface area contributed by atoms with Crippen LogP contribution >= 0.6 is 22.9 Å². The summed E-state index contributed by atoms with van der Waals surface area (Å²) < 4.78 is 0.966. The number of amides is 3. The quantitative estimate of drug-likeness (QED) is 0.273. The second-order valence-corrected chi connectivity index (χ2v) is 9.37. The van der Waals surface area contributed by atoms with Gasteiger partial charge in [0.25, 0.3) is 5.91 Å². The van der Waals surface area contributed by atoms with E-state index in [1.807, 2.05) is 66.7 Å². The molecule has 3 amide bonds. The molecule has 0 bridgehead atoms. The van der Waals surface area contributed by atoms with Crippen molar-refractivity contribution in [3.8, 4) is 0 Å². The second kappa shape index (κ2) is 10.1.